The van der Waals surface area contributed by atoms with Crippen molar-refractivity contribution in [3.05, 3.63) is 34.9 Å². The molecule has 0 bridgehead atoms. The SMILES string of the molecule is CC(C)(C)c1cc(C(O)C(F)(F)F)cc(C(C)(C)C)c1. The molecule has 0 saturated heterocycles. The molecule has 0 heterocycles. The van der Waals surface area contributed by atoms with Gasteiger partial charge in [0.25, 0.3) is 0 Å². The molecule has 0 aliphatic rings. The van der Waals surface area contributed by atoms with Gasteiger partial charge in [0.05, 0.1) is 0 Å². The Morgan fingerprint density at radius 1 is 0.800 bits per heavy atom. The number of rotatable bonds is 1. The van der Waals surface area contributed by atoms with Gasteiger partial charge < -0.3 is 5.11 Å². The third-order valence-corrected chi connectivity index (χ3v) is 3.31. The van der Waals surface area contributed by atoms with Crippen LogP contribution in [0.4, 0.5) is 13.2 Å². The lowest BCUT2D eigenvalue weighted by atomic mass is 9.79. The summed E-state index contributed by atoms with van der Waals surface area (Å²) in [6.45, 7) is 11.7. The Labute approximate surface area is 118 Å². The van der Waals surface area contributed by atoms with Crippen LogP contribution in [0.3, 0.4) is 0 Å². The predicted octanol–water partition coefficient (Wildman–Crippen LogP) is 4.88. The summed E-state index contributed by atoms with van der Waals surface area (Å²) in [5.74, 6) is 0. The van der Waals surface area contributed by atoms with Crippen molar-refractivity contribution in [1.82, 2.24) is 0 Å². The van der Waals surface area contributed by atoms with E-state index in [2.05, 4.69) is 0 Å². The van der Waals surface area contributed by atoms with E-state index in [0.717, 1.165) is 11.1 Å². The highest BCUT2D eigenvalue weighted by Gasteiger charge is 2.40. The van der Waals surface area contributed by atoms with Gasteiger partial charge in [-0.3, -0.25) is 0 Å². The summed E-state index contributed by atoms with van der Waals surface area (Å²) < 4.78 is 38.2. The maximum Gasteiger partial charge on any atom is 0.418 e. The quantitative estimate of drug-likeness (QED) is 0.781. The molecular formula is C16H23F3O. The van der Waals surface area contributed by atoms with Crippen LogP contribution in [0.25, 0.3) is 0 Å². The smallest absolute Gasteiger partial charge is 0.379 e. The Morgan fingerprint density at radius 3 is 1.40 bits per heavy atom. The van der Waals surface area contributed by atoms with Gasteiger partial charge in [-0.2, -0.15) is 13.2 Å². The number of hydrogen-bond donors (Lipinski definition) is 1. The lowest BCUT2D eigenvalue weighted by Gasteiger charge is -2.27. The molecule has 1 atom stereocenters. The van der Waals surface area contributed by atoms with Gasteiger partial charge in [-0.05, 0) is 27.5 Å². The maximum absolute atomic E-state index is 12.7. The van der Waals surface area contributed by atoms with E-state index >= 15 is 0 Å². The Morgan fingerprint density at radius 2 is 1.15 bits per heavy atom. The van der Waals surface area contributed by atoms with Gasteiger partial charge in [0.1, 0.15) is 0 Å². The second kappa shape index (κ2) is 5.06. The number of alkyl halides is 3. The highest BCUT2D eigenvalue weighted by Crippen LogP contribution is 2.37. The van der Waals surface area contributed by atoms with E-state index in [1.807, 2.05) is 47.6 Å². The minimum atomic E-state index is -4.65. The zero-order chi connectivity index (χ0) is 15.9. The fourth-order valence-corrected chi connectivity index (χ4v) is 1.86. The van der Waals surface area contributed by atoms with Gasteiger partial charge in [0.15, 0.2) is 6.10 Å². The van der Waals surface area contributed by atoms with E-state index in [-0.39, 0.29) is 16.4 Å². The summed E-state index contributed by atoms with van der Waals surface area (Å²) in [5.41, 5.74) is 0.948. The first kappa shape index (κ1) is 17.0. The zero-order valence-corrected chi connectivity index (χ0v) is 12.9. The van der Waals surface area contributed by atoms with Crippen molar-refractivity contribution in [1.29, 1.82) is 0 Å². The fourth-order valence-electron chi connectivity index (χ4n) is 1.86. The molecule has 0 spiro atoms. The summed E-state index contributed by atoms with van der Waals surface area (Å²) in [7, 11) is 0. The van der Waals surface area contributed by atoms with Crippen molar-refractivity contribution in [2.75, 3.05) is 0 Å². The maximum atomic E-state index is 12.7. The summed E-state index contributed by atoms with van der Waals surface area (Å²) in [4.78, 5) is 0. The van der Waals surface area contributed by atoms with Crippen LogP contribution in [-0.4, -0.2) is 11.3 Å². The van der Waals surface area contributed by atoms with E-state index in [9.17, 15) is 18.3 Å². The first-order valence-corrected chi connectivity index (χ1v) is 6.63. The molecule has 1 N–H and O–H groups in total. The lowest BCUT2D eigenvalue weighted by molar-refractivity contribution is -0.206. The second-order valence-corrected chi connectivity index (χ2v) is 7.29. The number of hydrogen-bond acceptors (Lipinski definition) is 1. The Balaban J connectivity index is 3.47. The Kier molecular flexibility index (Phi) is 4.31. The molecule has 0 fully saturated rings. The van der Waals surface area contributed by atoms with Gasteiger partial charge in [0, 0.05) is 0 Å². The first-order valence-electron chi connectivity index (χ1n) is 6.63. The molecule has 1 rings (SSSR count). The van der Waals surface area contributed by atoms with Crippen LogP contribution in [0.1, 0.15) is 64.3 Å². The number of aliphatic hydroxyl groups is 1. The molecule has 20 heavy (non-hydrogen) atoms. The average Bonchev–Trinajstić information content (AvgIpc) is 2.23. The summed E-state index contributed by atoms with van der Waals surface area (Å²) >= 11 is 0. The molecule has 0 aliphatic heterocycles. The molecule has 0 radical (unpaired) electrons. The largest absolute Gasteiger partial charge is 0.418 e. The first-order chi connectivity index (χ1) is 8.73. The minimum absolute atomic E-state index is 0.0881. The predicted molar refractivity (Wildman–Crippen MR) is 74.9 cm³/mol. The van der Waals surface area contributed by atoms with Gasteiger partial charge in [-0.25, -0.2) is 0 Å². The van der Waals surface area contributed by atoms with E-state index in [0.29, 0.717) is 0 Å². The topological polar surface area (TPSA) is 20.2 Å². The van der Waals surface area contributed by atoms with E-state index in [1.54, 1.807) is 0 Å². The van der Waals surface area contributed by atoms with E-state index < -0.39 is 12.3 Å². The summed E-state index contributed by atoms with van der Waals surface area (Å²) in [6.07, 6.45) is -7.09. The van der Waals surface area contributed by atoms with Crippen molar-refractivity contribution in [2.24, 2.45) is 0 Å². The van der Waals surface area contributed by atoms with Crippen molar-refractivity contribution >= 4 is 0 Å². The highest BCUT2D eigenvalue weighted by atomic mass is 19.4. The molecule has 0 saturated carbocycles. The molecular weight excluding hydrogens is 265 g/mol. The van der Waals surface area contributed by atoms with Crippen LogP contribution in [0.2, 0.25) is 0 Å². The molecule has 1 aromatic rings. The van der Waals surface area contributed by atoms with Crippen molar-refractivity contribution in [3.63, 3.8) is 0 Å². The van der Waals surface area contributed by atoms with Crippen LogP contribution in [0.15, 0.2) is 18.2 Å². The van der Waals surface area contributed by atoms with Gasteiger partial charge in [-0.15, -0.1) is 0 Å². The van der Waals surface area contributed by atoms with Gasteiger partial charge >= 0.3 is 6.18 Å². The van der Waals surface area contributed by atoms with Crippen LogP contribution < -0.4 is 0 Å². The normalized spacial score (nSPS) is 15.3. The average molecular weight is 288 g/mol. The number of benzene rings is 1. The molecule has 1 unspecified atom stereocenters. The standard InChI is InChI=1S/C16H23F3O/c1-14(2,3)11-7-10(13(20)16(17,18)19)8-12(9-11)15(4,5)6/h7-9,13,20H,1-6H3. The van der Waals surface area contributed by atoms with E-state index in [4.69, 9.17) is 0 Å². The number of halogens is 3. The van der Waals surface area contributed by atoms with Gasteiger partial charge in [-0.1, -0.05) is 59.7 Å². The Bertz CT molecular complexity index is 444. The van der Waals surface area contributed by atoms with Gasteiger partial charge in [0.2, 0.25) is 0 Å². The van der Waals surface area contributed by atoms with Crippen LogP contribution in [0, 0.1) is 0 Å². The molecule has 1 aromatic carbocycles. The monoisotopic (exact) mass is 288 g/mol. The van der Waals surface area contributed by atoms with E-state index in [1.165, 1.54) is 12.1 Å². The Hall–Kier alpha value is -1.03. The molecule has 0 amide bonds. The van der Waals surface area contributed by atoms with Crippen molar-refractivity contribution < 1.29 is 18.3 Å². The van der Waals surface area contributed by atoms with Crippen molar-refractivity contribution in [3.8, 4) is 0 Å². The third kappa shape index (κ3) is 3.98. The number of aliphatic hydroxyl groups excluding tert-OH is 1. The van der Waals surface area contributed by atoms with Crippen LogP contribution in [0.5, 0.6) is 0 Å². The summed E-state index contributed by atoms with van der Waals surface area (Å²) in [5, 5.41) is 9.51. The lowest BCUT2D eigenvalue weighted by Crippen LogP contribution is -2.23. The summed E-state index contributed by atoms with van der Waals surface area (Å²) in [6, 6.07) is 4.83. The second-order valence-electron chi connectivity index (χ2n) is 7.29. The van der Waals surface area contributed by atoms with Crippen LogP contribution >= 0.6 is 0 Å². The molecule has 4 heteroatoms. The minimum Gasteiger partial charge on any atom is -0.379 e. The van der Waals surface area contributed by atoms with Crippen LogP contribution in [-0.2, 0) is 10.8 Å². The fraction of sp³-hybridized carbons (Fsp3) is 0.625. The molecule has 114 valence electrons. The molecule has 0 aliphatic carbocycles. The molecule has 0 aromatic heterocycles. The zero-order valence-electron chi connectivity index (χ0n) is 12.9. The third-order valence-electron chi connectivity index (χ3n) is 3.31. The van der Waals surface area contributed by atoms with Crippen molar-refractivity contribution in [2.45, 2.75) is 64.7 Å². The molecule has 1 nitrogen and oxygen atoms in total. The highest BCUT2D eigenvalue weighted by molar-refractivity contribution is 5.38.